The van der Waals surface area contributed by atoms with Gasteiger partial charge in [-0.15, -0.1) is 6.42 Å². The molecular formula is C14H18N4O. The normalized spacial score (nSPS) is 14.2. The molecule has 0 aromatic carbocycles. The summed E-state index contributed by atoms with van der Waals surface area (Å²) in [5.41, 5.74) is 0.761. The molecule has 0 aliphatic carbocycles. The van der Waals surface area contributed by atoms with Gasteiger partial charge in [0.05, 0.1) is 18.8 Å². The highest BCUT2D eigenvalue weighted by Crippen LogP contribution is 2.25. The van der Waals surface area contributed by atoms with Gasteiger partial charge in [-0.25, -0.2) is 4.98 Å². The van der Waals surface area contributed by atoms with Crippen molar-refractivity contribution in [3.05, 3.63) is 18.3 Å². The molecule has 5 nitrogen and oxygen atoms in total. The number of hydrogen-bond donors (Lipinski definition) is 2. The number of pyridine rings is 1. The lowest BCUT2D eigenvalue weighted by molar-refractivity contribution is -0.115. The summed E-state index contributed by atoms with van der Waals surface area (Å²) in [6.45, 7) is 2.59. The Bertz CT molecular complexity index is 475. The second kappa shape index (κ2) is 6.76. The lowest BCUT2D eigenvalue weighted by Crippen LogP contribution is -2.29. The molecule has 5 heteroatoms. The summed E-state index contributed by atoms with van der Waals surface area (Å²) in [6, 6.07) is 3.70. The quantitative estimate of drug-likeness (QED) is 0.607. The number of nitrogens with zero attached hydrogens (tertiary/aromatic N) is 2. The van der Waals surface area contributed by atoms with E-state index in [2.05, 4.69) is 26.4 Å². The molecule has 2 heterocycles. The van der Waals surface area contributed by atoms with Crippen LogP contribution in [0.2, 0.25) is 0 Å². The Hall–Kier alpha value is -2.06. The van der Waals surface area contributed by atoms with Crippen LogP contribution in [0.4, 0.5) is 11.5 Å². The maximum Gasteiger partial charge on any atom is 0.238 e. The molecule has 0 radical (unpaired) electrons. The van der Waals surface area contributed by atoms with Crippen LogP contribution >= 0.6 is 0 Å². The number of nitrogens with one attached hydrogen (secondary N) is 2. The molecule has 1 saturated heterocycles. The Balaban J connectivity index is 1.99. The van der Waals surface area contributed by atoms with Gasteiger partial charge in [-0.05, 0) is 25.0 Å². The number of aromatic nitrogens is 1. The predicted molar refractivity (Wildman–Crippen MR) is 76.0 cm³/mol. The summed E-state index contributed by atoms with van der Waals surface area (Å²) < 4.78 is 0. The lowest BCUT2D eigenvalue weighted by atomic mass is 10.3. The van der Waals surface area contributed by atoms with E-state index >= 15 is 0 Å². The molecule has 0 spiro atoms. The number of terminal acetylenes is 1. The number of hydrogen-bond acceptors (Lipinski definition) is 4. The van der Waals surface area contributed by atoms with E-state index in [4.69, 9.17) is 6.42 Å². The van der Waals surface area contributed by atoms with E-state index in [1.807, 2.05) is 12.1 Å². The van der Waals surface area contributed by atoms with Crippen molar-refractivity contribution in [2.45, 2.75) is 12.8 Å². The maximum atomic E-state index is 11.8. The zero-order valence-electron chi connectivity index (χ0n) is 10.9. The highest BCUT2D eigenvalue weighted by Gasteiger charge is 2.17. The number of carbonyl (C=O) groups excluding carboxylic acids is 1. The van der Waals surface area contributed by atoms with Gasteiger partial charge in [-0.1, -0.05) is 5.92 Å². The Morgan fingerprint density at radius 1 is 1.47 bits per heavy atom. The van der Waals surface area contributed by atoms with Crippen LogP contribution in [-0.2, 0) is 4.79 Å². The van der Waals surface area contributed by atoms with Crippen LogP contribution in [0.1, 0.15) is 12.8 Å². The summed E-state index contributed by atoms with van der Waals surface area (Å²) in [5, 5.41) is 5.73. The van der Waals surface area contributed by atoms with E-state index in [0.29, 0.717) is 6.54 Å². The first-order valence-electron chi connectivity index (χ1n) is 6.45. The SMILES string of the molecule is C#CCNCC(=O)Nc1cccnc1N1CCCC1. The molecular weight excluding hydrogens is 240 g/mol. The molecule has 1 aromatic rings. The van der Waals surface area contributed by atoms with Crippen molar-refractivity contribution in [3.63, 3.8) is 0 Å². The fraction of sp³-hybridized carbons (Fsp3) is 0.429. The molecule has 1 amide bonds. The first-order chi connectivity index (χ1) is 9.31. The highest BCUT2D eigenvalue weighted by atomic mass is 16.1. The topological polar surface area (TPSA) is 57.3 Å². The van der Waals surface area contributed by atoms with E-state index in [-0.39, 0.29) is 12.5 Å². The van der Waals surface area contributed by atoms with Crippen molar-refractivity contribution < 1.29 is 4.79 Å². The number of amides is 1. The van der Waals surface area contributed by atoms with E-state index in [1.54, 1.807) is 6.20 Å². The maximum absolute atomic E-state index is 11.8. The third-order valence-corrected chi connectivity index (χ3v) is 2.98. The van der Waals surface area contributed by atoms with Gasteiger partial charge in [0.2, 0.25) is 5.91 Å². The van der Waals surface area contributed by atoms with Gasteiger partial charge >= 0.3 is 0 Å². The minimum atomic E-state index is -0.108. The first kappa shape index (κ1) is 13.4. The molecule has 0 saturated carbocycles. The van der Waals surface area contributed by atoms with Crippen LogP contribution in [0, 0.1) is 12.3 Å². The van der Waals surface area contributed by atoms with Crippen LogP contribution in [0.5, 0.6) is 0 Å². The minimum absolute atomic E-state index is 0.108. The smallest absolute Gasteiger partial charge is 0.238 e. The summed E-state index contributed by atoms with van der Waals surface area (Å²) in [5.74, 6) is 3.18. The Morgan fingerprint density at radius 3 is 3.00 bits per heavy atom. The monoisotopic (exact) mass is 258 g/mol. The number of rotatable bonds is 5. The molecule has 1 aliphatic rings. The van der Waals surface area contributed by atoms with Crippen LogP contribution < -0.4 is 15.5 Å². The van der Waals surface area contributed by atoms with Crippen LogP contribution in [0.15, 0.2) is 18.3 Å². The average Bonchev–Trinajstić information content (AvgIpc) is 2.93. The van der Waals surface area contributed by atoms with E-state index < -0.39 is 0 Å². The fourth-order valence-electron chi connectivity index (χ4n) is 2.12. The summed E-state index contributed by atoms with van der Waals surface area (Å²) in [4.78, 5) is 18.3. The molecule has 1 aromatic heterocycles. The second-order valence-electron chi connectivity index (χ2n) is 4.42. The summed E-state index contributed by atoms with van der Waals surface area (Å²) >= 11 is 0. The molecule has 2 N–H and O–H groups in total. The van der Waals surface area contributed by atoms with Crippen molar-refractivity contribution in [3.8, 4) is 12.3 Å². The van der Waals surface area contributed by atoms with E-state index in [1.165, 1.54) is 12.8 Å². The molecule has 100 valence electrons. The third-order valence-electron chi connectivity index (χ3n) is 2.98. The number of anilines is 2. The second-order valence-corrected chi connectivity index (χ2v) is 4.42. The van der Waals surface area contributed by atoms with Crippen molar-refractivity contribution in [2.75, 3.05) is 36.4 Å². The van der Waals surface area contributed by atoms with Gasteiger partial charge in [0.1, 0.15) is 0 Å². The molecule has 0 unspecified atom stereocenters. The van der Waals surface area contributed by atoms with Gasteiger partial charge < -0.3 is 10.2 Å². The van der Waals surface area contributed by atoms with Crippen molar-refractivity contribution in [2.24, 2.45) is 0 Å². The van der Waals surface area contributed by atoms with Crippen molar-refractivity contribution in [1.29, 1.82) is 0 Å². The van der Waals surface area contributed by atoms with Crippen LogP contribution in [0.25, 0.3) is 0 Å². The molecule has 2 rings (SSSR count). The predicted octanol–water partition coefficient (Wildman–Crippen LogP) is 0.843. The van der Waals surface area contributed by atoms with Gasteiger partial charge in [-0.3, -0.25) is 10.1 Å². The molecule has 0 bridgehead atoms. The fourth-order valence-corrected chi connectivity index (χ4v) is 2.12. The average molecular weight is 258 g/mol. The summed E-state index contributed by atoms with van der Waals surface area (Å²) in [7, 11) is 0. The molecule has 19 heavy (non-hydrogen) atoms. The Kier molecular flexibility index (Phi) is 4.76. The highest BCUT2D eigenvalue weighted by molar-refractivity contribution is 5.94. The first-order valence-corrected chi connectivity index (χ1v) is 6.45. The molecule has 0 atom stereocenters. The van der Waals surface area contributed by atoms with Gasteiger partial charge in [-0.2, -0.15) is 0 Å². The largest absolute Gasteiger partial charge is 0.355 e. The minimum Gasteiger partial charge on any atom is -0.355 e. The van der Waals surface area contributed by atoms with Gasteiger partial charge in [0, 0.05) is 19.3 Å². The van der Waals surface area contributed by atoms with Crippen LogP contribution in [0.3, 0.4) is 0 Å². The van der Waals surface area contributed by atoms with Gasteiger partial charge in [0.15, 0.2) is 5.82 Å². The Morgan fingerprint density at radius 2 is 2.26 bits per heavy atom. The van der Waals surface area contributed by atoms with Crippen LogP contribution in [-0.4, -0.2) is 37.1 Å². The zero-order valence-corrected chi connectivity index (χ0v) is 10.9. The molecule has 1 fully saturated rings. The third kappa shape index (κ3) is 3.70. The lowest BCUT2D eigenvalue weighted by Gasteiger charge is -2.19. The standard InChI is InChI=1S/C14H18N4O/c1-2-7-15-11-13(19)17-12-6-5-8-16-14(12)18-9-3-4-10-18/h1,5-6,8,15H,3-4,7,9-11H2,(H,17,19). The number of carbonyl (C=O) groups is 1. The zero-order chi connectivity index (χ0) is 13.5. The summed E-state index contributed by atoms with van der Waals surface area (Å²) in [6.07, 6.45) is 9.21. The van der Waals surface area contributed by atoms with Crippen molar-refractivity contribution in [1.82, 2.24) is 10.3 Å². The van der Waals surface area contributed by atoms with Crippen molar-refractivity contribution >= 4 is 17.4 Å². The van der Waals surface area contributed by atoms with Gasteiger partial charge in [0.25, 0.3) is 0 Å². The molecule has 1 aliphatic heterocycles. The van der Waals surface area contributed by atoms with E-state index in [0.717, 1.165) is 24.6 Å². The Labute approximate surface area is 113 Å². The van der Waals surface area contributed by atoms with E-state index in [9.17, 15) is 4.79 Å².